The van der Waals surface area contributed by atoms with Crippen molar-refractivity contribution in [2.45, 2.75) is 45.6 Å². The van der Waals surface area contributed by atoms with Crippen LogP contribution in [0.4, 0.5) is 0 Å². The van der Waals surface area contributed by atoms with Gasteiger partial charge in [-0.25, -0.2) is 0 Å². The first kappa shape index (κ1) is 15.5. The first-order chi connectivity index (χ1) is 10.0. The van der Waals surface area contributed by atoms with Crippen molar-refractivity contribution in [3.63, 3.8) is 0 Å². The first-order valence-corrected chi connectivity index (χ1v) is 7.63. The number of aliphatic carboxylic acids is 1. The number of rotatable bonds is 4. The summed E-state index contributed by atoms with van der Waals surface area (Å²) in [5, 5.41) is 9.24. The van der Waals surface area contributed by atoms with Gasteiger partial charge in [-0.2, -0.15) is 0 Å². The predicted molar refractivity (Wildman–Crippen MR) is 81.1 cm³/mol. The zero-order valence-electron chi connectivity index (χ0n) is 12.7. The molecule has 0 aliphatic carbocycles. The Morgan fingerprint density at radius 3 is 2.57 bits per heavy atom. The van der Waals surface area contributed by atoms with Crippen LogP contribution in [0.5, 0.6) is 0 Å². The lowest BCUT2D eigenvalue weighted by molar-refractivity contribution is -0.148. The second-order valence-electron chi connectivity index (χ2n) is 5.71. The summed E-state index contributed by atoms with van der Waals surface area (Å²) in [6.07, 6.45) is 2.69. The lowest BCUT2D eigenvalue weighted by atomic mass is 9.89. The van der Waals surface area contributed by atoms with E-state index < -0.39 is 11.9 Å². The number of carboxylic acid groups (broad SMARTS) is 1. The van der Waals surface area contributed by atoms with Gasteiger partial charge in [0.05, 0.1) is 12.3 Å². The van der Waals surface area contributed by atoms with Crippen LogP contribution >= 0.6 is 0 Å². The van der Waals surface area contributed by atoms with Crippen LogP contribution in [0.1, 0.15) is 37.8 Å². The van der Waals surface area contributed by atoms with E-state index in [4.69, 9.17) is 0 Å². The smallest absolute Gasteiger partial charge is 0.308 e. The van der Waals surface area contributed by atoms with E-state index in [9.17, 15) is 14.7 Å². The van der Waals surface area contributed by atoms with E-state index in [-0.39, 0.29) is 11.9 Å². The topological polar surface area (TPSA) is 57.6 Å². The SMILES string of the molecule is CCc1ccccc1CC(=O)N1CCC[C@H](C(=O)O)[C@@H]1C. The fourth-order valence-corrected chi connectivity index (χ4v) is 3.16. The van der Waals surface area contributed by atoms with Gasteiger partial charge < -0.3 is 10.0 Å². The van der Waals surface area contributed by atoms with Crippen LogP contribution in [0.25, 0.3) is 0 Å². The van der Waals surface area contributed by atoms with Crippen molar-refractivity contribution in [3.05, 3.63) is 35.4 Å². The molecule has 0 aromatic heterocycles. The van der Waals surface area contributed by atoms with Gasteiger partial charge in [-0.05, 0) is 37.3 Å². The van der Waals surface area contributed by atoms with Gasteiger partial charge in [0.1, 0.15) is 0 Å². The maximum Gasteiger partial charge on any atom is 0.308 e. The normalized spacial score (nSPS) is 22.1. The van der Waals surface area contributed by atoms with Gasteiger partial charge in [0.2, 0.25) is 5.91 Å². The minimum Gasteiger partial charge on any atom is -0.481 e. The fraction of sp³-hybridized carbons (Fsp3) is 0.529. The Morgan fingerprint density at radius 1 is 1.29 bits per heavy atom. The lowest BCUT2D eigenvalue weighted by Crippen LogP contribution is -2.49. The largest absolute Gasteiger partial charge is 0.481 e. The Labute approximate surface area is 125 Å². The highest BCUT2D eigenvalue weighted by atomic mass is 16.4. The monoisotopic (exact) mass is 289 g/mol. The third-order valence-electron chi connectivity index (χ3n) is 4.47. The minimum absolute atomic E-state index is 0.0364. The van der Waals surface area contributed by atoms with Crippen LogP contribution in [-0.4, -0.2) is 34.5 Å². The van der Waals surface area contributed by atoms with Gasteiger partial charge >= 0.3 is 5.97 Å². The number of carbonyl (C=O) groups excluding carboxylic acids is 1. The van der Waals surface area contributed by atoms with Crippen LogP contribution in [0.2, 0.25) is 0 Å². The number of carbonyl (C=O) groups is 2. The van der Waals surface area contributed by atoms with Gasteiger partial charge in [0, 0.05) is 12.6 Å². The average Bonchev–Trinajstić information content (AvgIpc) is 2.47. The molecule has 1 N–H and O–H groups in total. The van der Waals surface area contributed by atoms with Crippen LogP contribution in [0, 0.1) is 5.92 Å². The third-order valence-corrected chi connectivity index (χ3v) is 4.47. The Morgan fingerprint density at radius 2 is 1.95 bits per heavy atom. The van der Waals surface area contributed by atoms with Crippen molar-refractivity contribution in [3.8, 4) is 0 Å². The van der Waals surface area contributed by atoms with E-state index in [1.165, 1.54) is 5.56 Å². The van der Waals surface area contributed by atoms with E-state index in [1.807, 2.05) is 31.2 Å². The van der Waals surface area contributed by atoms with E-state index in [0.717, 1.165) is 18.4 Å². The molecule has 0 radical (unpaired) electrons. The summed E-state index contributed by atoms with van der Waals surface area (Å²) in [4.78, 5) is 25.5. The Hall–Kier alpha value is -1.84. The second-order valence-corrected chi connectivity index (χ2v) is 5.71. The molecule has 1 saturated heterocycles. The highest BCUT2D eigenvalue weighted by Crippen LogP contribution is 2.25. The van der Waals surface area contributed by atoms with Gasteiger partial charge in [-0.3, -0.25) is 9.59 Å². The van der Waals surface area contributed by atoms with Crippen molar-refractivity contribution in [2.75, 3.05) is 6.54 Å². The van der Waals surface area contributed by atoms with E-state index in [0.29, 0.717) is 19.4 Å². The third kappa shape index (κ3) is 3.43. The average molecular weight is 289 g/mol. The summed E-state index contributed by atoms with van der Waals surface area (Å²) in [5.41, 5.74) is 2.24. The molecule has 1 aromatic rings. The molecule has 0 saturated carbocycles. The molecule has 4 heteroatoms. The van der Waals surface area contributed by atoms with Crippen LogP contribution in [0.15, 0.2) is 24.3 Å². The molecule has 1 amide bonds. The number of benzene rings is 1. The summed E-state index contributed by atoms with van der Waals surface area (Å²) in [5.74, 6) is -1.20. The lowest BCUT2D eigenvalue weighted by Gasteiger charge is -2.37. The van der Waals surface area contributed by atoms with Gasteiger partial charge in [0.25, 0.3) is 0 Å². The summed E-state index contributed by atoms with van der Waals surface area (Å²) in [6.45, 7) is 4.59. The maximum absolute atomic E-state index is 12.5. The number of aryl methyl sites for hydroxylation is 1. The molecule has 2 rings (SSSR count). The van der Waals surface area contributed by atoms with E-state index in [1.54, 1.807) is 4.90 Å². The van der Waals surface area contributed by atoms with Crippen molar-refractivity contribution in [1.29, 1.82) is 0 Å². The van der Waals surface area contributed by atoms with E-state index >= 15 is 0 Å². The molecule has 1 aliphatic heterocycles. The van der Waals surface area contributed by atoms with Gasteiger partial charge in [-0.1, -0.05) is 31.2 Å². The molecule has 4 nitrogen and oxygen atoms in total. The minimum atomic E-state index is -0.797. The summed E-state index contributed by atoms with van der Waals surface area (Å²) >= 11 is 0. The van der Waals surface area contributed by atoms with Crippen molar-refractivity contribution in [2.24, 2.45) is 5.92 Å². The Kier molecular flexibility index (Phi) is 4.99. The van der Waals surface area contributed by atoms with Crippen LogP contribution in [0.3, 0.4) is 0 Å². The zero-order valence-corrected chi connectivity index (χ0v) is 12.7. The fourth-order valence-electron chi connectivity index (χ4n) is 3.16. The molecule has 0 bridgehead atoms. The van der Waals surface area contributed by atoms with Gasteiger partial charge in [0.15, 0.2) is 0 Å². The number of hydrogen-bond acceptors (Lipinski definition) is 2. The molecule has 0 unspecified atom stereocenters. The second kappa shape index (κ2) is 6.74. The highest BCUT2D eigenvalue weighted by Gasteiger charge is 2.35. The number of hydrogen-bond donors (Lipinski definition) is 1. The number of amides is 1. The molecule has 2 atom stereocenters. The molecule has 1 heterocycles. The number of likely N-dealkylation sites (tertiary alicyclic amines) is 1. The quantitative estimate of drug-likeness (QED) is 0.926. The molecule has 1 aromatic carbocycles. The Bertz CT molecular complexity index is 527. The van der Waals surface area contributed by atoms with Crippen molar-refractivity contribution in [1.82, 2.24) is 4.90 Å². The van der Waals surface area contributed by atoms with Crippen molar-refractivity contribution < 1.29 is 14.7 Å². The highest BCUT2D eigenvalue weighted by molar-refractivity contribution is 5.81. The number of piperidine rings is 1. The molecular weight excluding hydrogens is 266 g/mol. The van der Waals surface area contributed by atoms with Crippen molar-refractivity contribution >= 4 is 11.9 Å². The Balaban J connectivity index is 2.10. The molecule has 0 spiro atoms. The van der Waals surface area contributed by atoms with Gasteiger partial charge in [-0.15, -0.1) is 0 Å². The van der Waals surface area contributed by atoms with E-state index in [2.05, 4.69) is 6.92 Å². The first-order valence-electron chi connectivity index (χ1n) is 7.63. The molecular formula is C17H23NO3. The molecule has 114 valence electrons. The van der Waals surface area contributed by atoms with Crippen LogP contribution in [-0.2, 0) is 22.4 Å². The summed E-state index contributed by atoms with van der Waals surface area (Å²) in [7, 11) is 0. The maximum atomic E-state index is 12.5. The zero-order chi connectivity index (χ0) is 15.4. The summed E-state index contributed by atoms with van der Waals surface area (Å²) in [6, 6.07) is 7.73. The molecule has 21 heavy (non-hydrogen) atoms. The predicted octanol–water partition coefficient (Wildman–Crippen LogP) is 2.50. The standard InChI is InChI=1S/C17H23NO3/c1-3-13-7-4-5-8-14(13)11-16(19)18-10-6-9-15(12(18)2)17(20)21/h4-5,7-8,12,15H,3,6,9-11H2,1-2H3,(H,20,21)/t12-,15-/m0/s1. The number of carboxylic acids is 1. The number of nitrogens with zero attached hydrogens (tertiary/aromatic N) is 1. The molecule has 1 aliphatic rings. The summed E-state index contributed by atoms with van der Waals surface area (Å²) < 4.78 is 0. The molecule has 1 fully saturated rings. The van der Waals surface area contributed by atoms with Crippen LogP contribution < -0.4 is 0 Å².